The first-order valence-electron chi connectivity index (χ1n) is 6.89. The molecule has 1 saturated heterocycles. The molecule has 4 heteroatoms. The van der Waals surface area contributed by atoms with E-state index >= 15 is 0 Å². The molecule has 3 nitrogen and oxygen atoms in total. The first-order chi connectivity index (χ1) is 9.06. The Labute approximate surface area is 120 Å². The van der Waals surface area contributed by atoms with Crippen LogP contribution >= 0.6 is 12.2 Å². The summed E-state index contributed by atoms with van der Waals surface area (Å²) in [5.74, 6) is 0. The molecule has 0 N–H and O–H groups in total. The fourth-order valence-electron chi connectivity index (χ4n) is 2.71. The van der Waals surface area contributed by atoms with E-state index in [0.29, 0.717) is 10.2 Å². The highest BCUT2D eigenvalue weighted by atomic mass is 32.1. The van der Waals surface area contributed by atoms with Crippen LogP contribution in [0.3, 0.4) is 0 Å². The summed E-state index contributed by atoms with van der Waals surface area (Å²) in [4.78, 5) is 2.43. The van der Waals surface area contributed by atoms with Crippen LogP contribution in [0.2, 0.25) is 0 Å². The van der Waals surface area contributed by atoms with Gasteiger partial charge in [0.05, 0.1) is 12.2 Å². The lowest BCUT2D eigenvalue weighted by molar-refractivity contribution is 0.179. The number of aromatic nitrogens is 1. The lowest BCUT2D eigenvalue weighted by Gasteiger charge is -2.29. The van der Waals surface area contributed by atoms with Crippen molar-refractivity contribution in [3.8, 4) is 6.07 Å². The number of likely N-dealkylation sites (tertiary alicyclic amines) is 1. The van der Waals surface area contributed by atoms with Crippen molar-refractivity contribution in [3.63, 3.8) is 0 Å². The minimum Gasteiger partial charge on any atom is -0.322 e. The van der Waals surface area contributed by atoms with Crippen molar-refractivity contribution < 1.29 is 0 Å². The molecule has 0 saturated carbocycles. The van der Waals surface area contributed by atoms with E-state index < -0.39 is 0 Å². The third-order valence-electron chi connectivity index (χ3n) is 4.25. The van der Waals surface area contributed by atoms with E-state index in [9.17, 15) is 5.26 Å². The van der Waals surface area contributed by atoms with E-state index in [1.54, 1.807) is 0 Å². The number of piperidine rings is 1. The minimum absolute atomic E-state index is 0.662. The van der Waals surface area contributed by atoms with E-state index in [4.69, 9.17) is 12.2 Å². The molecule has 1 aromatic rings. The second-order valence-corrected chi connectivity index (χ2v) is 5.76. The van der Waals surface area contributed by atoms with Crippen molar-refractivity contribution in [2.75, 3.05) is 13.1 Å². The second-order valence-electron chi connectivity index (χ2n) is 5.38. The molecule has 1 aliphatic heterocycles. The van der Waals surface area contributed by atoms with E-state index in [0.717, 1.165) is 25.3 Å². The summed E-state index contributed by atoms with van der Waals surface area (Å²) >= 11 is 5.51. The first kappa shape index (κ1) is 14.2. The van der Waals surface area contributed by atoms with Crippen molar-refractivity contribution in [3.05, 3.63) is 27.0 Å². The Morgan fingerprint density at radius 3 is 2.32 bits per heavy atom. The molecule has 2 heterocycles. The predicted molar refractivity (Wildman–Crippen MR) is 79.6 cm³/mol. The topological polar surface area (TPSA) is 32.0 Å². The van der Waals surface area contributed by atoms with Crippen LogP contribution in [0.4, 0.5) is 0 Å². The highest BCUT2D eigenvalue weighted by molar-refractivity contribution is 7.71. The van der Waals surface area contributed by atoms with Crippen molar-refractivity contribution in [1.29, 1.82) is 5.26 Å². The third-order valence-corrected chi connectivity index (χ3v) is 4.67. The Bertz CT molecular complexity index is 575. The van der Waals surface area contributed by atoms with Gasteiger partial charge in [-0.2, -0.15) is 5.26 Å². The van der Waals surface area contributed by atoms with Crippen LogP contribution in [0, 0.1) is 36.7 Å². The average molecular weight is 275 g/mol. The lowest BCUT2D eigenvalue weighted by Crippen LogP contribution is -2.33. The number of nitrogens with zero attached hydrogens (tertiary/aromatic N) is 3. The smallest absolute Gasteiger partial charge is 0.125 e. The van der Waals surface area contributed by atoms with Gasteiger partial charge in [0.2, 0.25) is 0 Å². The van der Waals surface area contributed by atoms with Gasteiger partial charge in [0.25, 0.3) is 0 Å². The minimum atomic E-state index is 0.662. The van der Waals surface area contributed by atoms with Crippen LogP contribution in [0.15, 0.2) is 0 Å². The van der Waals surface area contributed by atoms with Gasteiger partial charge in [-0.25, -0.2) is 0 Å². The zero-order valence-electron chi connectivity index (χ0n) is 12.0. The summed E-state index contributed by atoms with van der Waals surface area (Å²) in [6, 6.07) is 2.27. The maximum absolute atomic E-state index is 9.30. The molecular formula is C15H21N3S. The molecule has 0 unspecified atom stereocenters. The maximum atomic E-state index is 9.30. The molecule has 0 bridgehead atoms. The number of hydrogen-bond donors (Lipinski definition) is 0. The van der Waals surface area contributed by atoms with E-state index in [1.807, 2.05) is 6.92 Å². The summed E-state index contributed by atoms with van der Waals surface area (Å²) in [5.41, 5.74) is 4.06. The molecule has 0 amide bonds. The molecule has 102 valence electrons. The van der Waals surface area contributed by atoms with Crippen molar-refractivity contribution in [2.24, 2.45) is 0 Å². The summed E-state index contributed by atoms with van der Waals surface area (Å²) in [6.45, 7) is 9.25. The van der Waals surface area contributed by atoms with Gasteiger partial charge in [-0.15, -0.1) is 0 Å². The summed E-state index contributed by atoms with van der Waals surface area (Å²) in [7, 11) is 0. The fourth-order valence-corrected chi connectivity index (χ4v) is 3.11. The second kappa shape index (κ2) is 5.85. The Kier molecular flexibility index (Phi) is 4.38. The van der Waals surface area contributed by atoms with Crippen LogP contribution in [0.5, 0.6) is 0 Å². The largest absolute Gasteiger partial charge is 0.322 e. The van der Waals surface area contributed by atoms with Crippen LogP contribution < -0.4 is 0 Å². The molecular weight excluding hydrogens is 254 g/mol. The molecule has 0 spiro atoms. The summed E-state index contributed by atoms with van der Waals surface area (Å²) < 4.78 is 2.82. The molecule has 0 atom stereocenters. The van der Waals surface area contributed by atoms with Crippen molar-refractivity contribution in [1.82, 2.24) is 9.47 Å². The molecule has 0 aliphatic carbocycles. The maximum Gasteiger partial charge on any atom is 0.125 e. The Morgan fingerprint density at radius 2 is 1.74 bits per heavy atom. The Balaban J connectivity index is 2.42. The molecule has 1 aliphatic rings. The quantitative estimate of drug-likeness (QED) is 0.775. The van der Waals surface area contributed by atoms with Crippen LogP contribution in [0.25, 0.3) is 0 Å². The lowest BCUT2D eigenvalue weighted by atomic mass is 10.0. The van der Waals surface area contributed by atoms with Crippen LogP contribution in [0.1, 0.15) is 41.6 Å². The van der Waals surface area contributed by atoms with Gasteiger partial charge in [-0.3, -0.25) is 4.90 Å². The molecule has 2 rings (SSSR count). The summed E-state index contributed by atoms with van der Waals surface area (Å²) in [5, 5.41) is 9.30. The Morgan fingerprint density at radius 1 is 1.11 bits per heavy atom. The van der Waals surface area contributed by atoms with E-state index in [1.165, 1.54) is 30.5 Å². The number of nitriles is 1. The van der Waals surface area contributed by atoms with Gasteiger partial charge >= 0.3 is 0 Å². The molecule has 19 heavy (non-hydrogen) atoms. The monoisotopic (exact) mass is 275 g/mol. The van der Waals surface area contributed by atoms with E-state index in [2.05, 4.69) is 29.4 Å². The van der Waals surface area contributed by atoms with Gasteiger partial charge in [-0.1, -0.05) is 18.6 Å². The molecule has 0 aromatic carbocycles. The highest BCUT2D eigenvalue weighted by Crippen LogP contribution is 2.20. The molecule has 1 fully saturated rings. The SMILES string of the molecule is Cc1c(C)c(C)n(CN2CCCCC2)c(=S)c1C#N. The standard InChI is InChI=1S/C15H21N3S/c1-11-12(2)14(9-16)15(19)18(13(11)3)10-17-7-5-4-6-8-17/h4-8,10H2,1-3H3. The predicted octanol–water partition coefficient (Wildman–Crippen LogP) is 3.46. The third kappa shape index (κ3) is 2.72. The van der Waals surface area contributed by atoms with Crippen LogP contribution in [-0.4, -0.2) is 22.6 Å². The zero-order valence-corrected chi connectivity index (χ0v) is 12.8. The first-order valence-corrected chi connectivity index (χ1v) is 7.30. The highest BCUT2D eigenvalue weighted by Gasteiger charge is 2.15. The van der Waals surface area contributed by atoms with Gasteiger partial charge in [0.1, 0.15) is 10.7 Å². The van der Waals surface area contributed by atoms with Gasteiger partial charge < -0.3 is 4.57 Å². The van der Waals surface area contributed by atoms with Gasteiger partial charge in [0, 0.05) is 5.69 Å². The number of rotatable bonds is 2. The van der Waals surface area contributed by atoms with Crippen molar-refractivity contribution >= 4 is 12.2 Å². The Hall–Kier alpha value is -1.18. The van der Waals surface area contributed by atoms with Gasteiger partial charge in [-0.05, 0) is 57.8 Å². The van der Waals surface area contributed by atoms with Crippen molar-refractivity contribution in [2.45, 2.75) is 46.7 Å². The normalized spacial score (nSPS) is 16.3. The zero-order chi connectivity index (χ0) is 14.0. The van der Waals surface area contributed by atoms with E-state index in [-0.39, 0.29) is 0 Å². The van der Waals surface area contributed by atoms with Gasteiger partial charge in [0.15, 0.2) is 0 Å². The average Bonchev–Trinajstić information content (AvgIpc) is 2.43. The number of hydrogen-bond acceptors (Lipinski definition) is 3. The summed E-state index contributed by atoms with van der Waals surface area (Å²) in [6.07, 6.45) is 3.86. The number of pyridine rings is 1. The fraction of sp³-hybridized carbons (Fsp3) is 0.600. The van der Waals surface area contributed by atoms with Crippen LogP contribution in [-0.2, 0) is 6.67 Å². The molecule has 0 radical (unpaired) electrons. The molecule has 1 aromatic heterocycles.